The summed E-state index contributed by atoms with van der Waals surface area (Å²) < 4.78 is 0. The highest BCUT2D eigenvalue weighted by molar-refractivity contribution is 5.88. The predicted octanol–water partition coefficient (Wildman–Crippen LogP) is 0.209. The molecule has 0 heterocycles. The van der Waals surface area contributed by atoms with Gasteiger partial charge in [0.1, 0.15) is 5.92 Å². The molecular formula is C5H4O. The molecule has 0 aliphatic heterocycles. The molecule has 0 aromatic rings. The lowest BCUT2D eigenvalue weighted by molar-refractivity contribution is -0.117. The van der Waals surface area contributed by atoms with Gasteiger partial charge in [0, 0.05) is 0 Å². The molecule has 0 spiro atoms. The van der Waals surface area contributed by atoms with Crippen molar-refractivity contribution >= 4 is 5.78 Å². The zero-order valence-corrected chi connectivity index (χ0v) is 3.49. The van der Waals surface area contributed by atoms with Crippen LogP contribution in [0.5, 0.6) is 0 Å². The van der Waals surface area contributed by atoms with Gasteiger partial charge < -0.3 is 0 Å². The smallest absolute Gasteiger partial charge is 0.156 e. The molecule has 0 aromatic carbocycles. The molecule has 0 N–H and O–H groups in total. The summed E-state index contributed by atoms with van der Waals surface area (Å²) in [6.07, 6.45) is 0. The summed E-state index contributed by atoms with van der Waals surface area (Å²) in [4.78, 5) is 10.1. The molecule has 1 heteroatoms. The molecule has 1 nitrogen and oxygen atoms in total. The average molecular weight is 80.1 g/mol. The van der Waals surface area contributed by atoms with Crippen molar-refractivity contribution in [1.29, 1.82) is 0 Å². The standard InChI is InChI=1S/C5H4O/c1-4(6)5-2-3-5/h5H,1H3. The third kappa shape index (κ3) is 0.414. The van der Waals surface area contributed by atoms with E-state index in [9.17, 15) is 4.79 Å². The van der Waals surface area contributed by atoms with E-state index in [-0.39, 0.29) is 11.7 Å². The Kier molecular flexibility index (Phi) is 0.481. The highest BCUT2D eigenvalue weighted by atomic mass is 16.1. The van der Waals surface area contributed by atoms with Crippen LogP contribution in [-0.2, 0) is 4.79 Å². The van der Waals surface area contributed by atoms with Gasteiger partial charge in [0.05, 0.1) is 0 Å². The lowest BCUT2D eigenvalue weighted by Gasteiger charge is -1.75. The van der Waals surface area contributed by atoms with Gasteiger partial charge >= 0.3 is 0 Å². The Hall–Kier alpha value is -0.770. The molecule has 0 unspecified atom stereocenters. The Morgan fingerprint density at radius 1 is 1.67 bits per heavy atom. The molecule has 0 atom stereocenters. The minimum Gasteiger partial charge on any atom is -0.298 e. The van der Waals surface area contributed by atoms with E-state index in [1.165, 1.54) is 6.92 Å². The zero-order valence-electron chi connectivity index (χ0n) is 3.49. The van der Waals surface area contributed by atoms with E-state index in [1.807, 2.05) is 0 Å². The van der Waals surface area contributed by atoms with Crippen molar-refractivity contribution in [2.75, 3.05) is 0 Å². The second-order valence-corrected chi connectivity index (χ2v) is 1.33. The number of hydrogen-bond acceptors (Lipinski definition) is 1. The molecule has 0 saturated carbocycles. The molecular weight excluding hydrogens is 76.1 g/mol. The largest absolute Gasteiger partial charge is 0.298 e. The van der Waals surface area contributed by atoms with Crippen molar-refractivity contribution in [3.63, 3.8) is 0 Å². The first-order valence-electron chi connectivity index (χ1n) is 1.82. The number of carbonyl (C=O) groups excluding carboxylic acids is 1. The van der Waals surface area contributed by atoms with Crippen LogP contribution in [0.2, 0.25) is 0 Å². The summed E-state index contributed by atoms with van der Waals surface area (Å²) in [5.74, 6) is 5.38. The van der Waals surface area contributed by atoms with Crippen LogP contribution in [0.1, 0.15) is 6.92 Å². The highest BCUT2D eigenvalue weighted by Crippen LogP contribution is 2.03. The summed E-state index contributed by atoms with van der Waals surface area (Å²) in [6, 6.07) is 0. The molecule has 0 saturated heterocycles. The Bertz CT molecular complexity index is 128. The van der Waals surface area contributed by atoms with Gasteiger partial charge in [-0.05, 0) is 6.92 Å². The van der Waals surface area contributed by atoms with Crippen LogP contribution in [-0.4, -0.2) is 5.78 Å². The van der Waals surface area contributed by atoms with Crippen molar-refractivity contribution in [3.8, 4) is 11.8 Å². The van der Waals surface area contributed by atoms with Crippen molar-refractivity contribution in [2.45, 2.75) is 6.92 Å². The van der Waals surface area contributed by atoms with Crippen molar-refractivity contribution < 1.29 is 4.79 Å². The highest BCUT2D eigenvalue weighted by Gasteiger charge is 2.13. The van der Waals surface area contributed by atoms with E-state index < -0.39 is 0 Å². The predicted molar refractivity (Wildman–Crippen MR) is 21.9 cm³/mol. The van der Waals surface area contributed by atoms with Gasteiger partial charge in [-0.2, -0.15) is 0 Å². The average Bonchev–Trinajstić information content (AvgIpc) is 2.06. The lowest BCUT2D eigenvalue weighted by atomic mass is 10.3. The van der Waals surface area contributed by atoms with Gasteiger partial charge in [-0.25, -0.2) is 0 Å². The number of ketones is 1. The maximum atomic E-state index is 10.1. The summed E-state index contributed by atoms with van der Waals surface area (Å²) in [5, 5.41) is 0. The first-order chi connectivity index (χ1) is 2.80. The Labute approximate surface area is 36.4 Å². The van der Waals surface area contributed by atoms with Crippen LogP contribution in [0, 0.1) is 17.8 Å². The SMILES string of the molecule is CC(=O)C1C#C1. The van der Waals surface area contributed by atoms with Crippen LogP contribution < -0.4 is 0 Å². The topological polar surface area (TPSA) is 17.1 Å². The van der Waals surface area contributed by atoms with Crippen molar-refractivity contribution in [1.82, 2.24) is 0 Å². The van der Waals surface area contributed by atoms with Crippen LogP contribution >= 0.6 is 0 Å². The number of rotatable bonds is 1. The maximum absolute atomic E-state index is 10.1. The molecule has 0 radical (unpaired) electrons. The van der Waals surface area contributed by atoms with Gasteiger partial charge in [-0.1, -0.05) is 11.8 Å². The van der Waals surface area contributed by atoms with Crippen molar-refractivity contribution in [2.24, 2.45) is 5.92 Å². The molecule has 6 heavy (non-hydrogen) atoms. The molecule has 0 bridgehead atoms. The maximum Gasteiger partial charge on any atom is 0.156 e. The molecule has 1 rings (SSSR count). The second-order valence-electron chi connectivity index (χ2n) is 1.33. The van der Waals surface area contributed by atoms with Crippen LogP contribution in [0.4, 0.5) is 0 Å². The third-order valence-electron chi connectivity index (χ3n) is 0.695. The van der Waals surface area contributed by atoms with Gasteiger partial charge in [-0.3, -0.25) is 4.79 Å². The summed E-state index contributed by atoms with van der Waals surface area (Å²) in [7, 11) is 0. The fourth-order valence-corrected chi connectivity index (χ4v) is 0.245. The first kappa shape index (κ1) is 3.42. The Morgan fingerprint density at radius 2 is 2.17 bits per heavy atom. The Morgan fingerprint density at radius 3 is 2.17 bits per heavy atom. The van der Waals surface area contributed by atoms with E-state index in [2.05, 4.69) is 11.8 Å². The van der Waals surface area contributed by atoms with Crippen LogP contribution in [0.3, 0.4) is 0 Å². The third-order valence-corrected chi connectivity index (χ3v) is 0.695. The molecule has 1 aliphatic carbocycles. The lowest BCUT2D eigenvalue weighted by Crippen LogP contribution is -1.93. The summed E-state index contributed by atoms with van der Waals surface area (Å²) in [5.41, 5.74) is 0. The molecule has 30 valence electrons. The molecule has 0 aromatic heterocycles. The minimum atomic E-state index is -0.0370. The molecule has 1 aliphatic rings. The van der Waals surface area contributed by atoms with Crippen LogP contribution in [0.15, 0.2) is 0 Å². The number of hydrogen-bond donors (Lipinski definition) is 0. The molecule has 0 fully saturated rings. The minimum absolute atomic E-state index is 0.0370. The summed E-state index contributed by atoms with van der Waals surface area (Å²) >= 11 is 0. The van der Waals surface area contributed by atoms with E-state index in [1.54, 1.807) is 0 Å². The van der Waals surface area contributed by atoms with E-state index in [0.717, 1.165) is 0 Å². The quantitative estimate of drug-likeness (QED) is 0.411. The number of carbonyl (C=O) groups is 1. The fraction of sp³-hybridized carbons (Fsp3) is 0.400. The van der Waals surface area contributed by atoms with Crippen LogP contribution in [0.25, 0.3) is 0 Å². The monoisotopic (exact) mass is 80.0 g/mol. The fourth-order valence-electron chi connectivity index (χ4n) is 0.245. The van der Waals surface area contributed by atoms with Crippen molar-refractivity contribution in [3.05, 3.63) is 0 Å². The summed E-state index contributed by atoms with van der Waals surface area (Å²) in [6.45, 7) is 1.54. The van der Waals surface area contributed by atoms with Gasteiger partial charge in [0.25, 0.3) is 0 Å². The van der Waals surface area contributed by atoms with E-state index >= 15 is 0 Å². The zero-order chi connectivity index (χ0) is 4.57. The van der Waals surface area contributed by atoms with E-state index in [4.69, 9.17) is 0 Å². The van der Waals surface area contributed by atoms with E-state index in [0.29, 0.717) is 0 Å². The van der Waals surface area contributed by atoms with Gasteiger partial charge in [0.2, 0.25) is 0 Å². The first-order valence-corrected chi connectivity index (χ1v) is 1.82. The normalized spacial score (nSPS) is 15.5. The van der Waals surface area contributed by atoms with Gasteiger partial charge in [0.15, 0.2) is 5.78 Å². The molecule has 0 amide bonds. The van der Waals surface area contributed by atoms with Gasteiger partial charge in [-0.15, -0.1) is 0 Å². The number of Topliss-reactive ketones (excluding diaryl/α,β-unsaturated/α-hetero) is 1. The second kappa shape index (κ2) is 0.844. The Balaban J connectivity index is 2.36.